The van der Waals surface area contributed by atoms with Gasteiger partial charge in [-0.2, -0.15) is 0 Å². The first-order valence-electron chi connectivity index (χ1n) is 7.82. The fourth-order valence-electron chi connectivity index (χ4n) is 2.87. The summed E-state index contributed by atoms with van der Waals surface area (Å²) in [6.45, 7) is 6.27. The van der Waals surface area contributed by atoms with E-state index >= 15 is 0 Å². The predicted molar refractivity (Wildman–Crippen MR) is 88.5 cm³/mol. The van der Waals surface area contributed by atoms with Crippen molar-refractivity contribution < 1.29 is 4.79 Å². The van der Waals surface area contributed by atoms with Gasteiger partial charge in [0.05, 0.1) is 6.04 Å². The SMILES string of the molecule is CCC(C)(CC)C(=O)[C@H](Cc1c[nH]c2ccccc12)NC. The van der Waals surface area contributed by atoms with Gasteiger partial charge in [0.25, 0.3) is 0 Å². The van der Waals surface area contributed by atoms with Gasteiger partial charge in [0, 0.05) is 22.5 Å². The summed E-state index contributed by atoms with van der Waals surface area (Å²) >= 11 is 0. The summed E-state index contributed by atoms with van der Waals surface area (Å²) in [5.74, 6) is 0.320. The molecule has 0 aliphatic rings. The fraction of sp³-hybridized carbons (Fsp3) is 0.500. The maximum absolute atomic E-state index is 12.8. The van der Waals surface area contributed by atoms with E-state index in [1.54, 1.807) is 0 Å². The van der Waals surface area contributed by atoms with Gasteiger partial charge in [-0.1, -0.05) is 39.0 Å². The molecule has 1 aromatic heterocycles. The first-order valence-corrected chi connectivity index (χ1v) is 7.82. The molecule has 1 atom stereocenters. The summed E-state index contributed by atoms with van der Waals surface area (Å²) in [7, 11) is 1.88. The number of carbonyl (C=O) groups excluding carboxylic acids is 1. The molecule has 0 fully saturated rings. The van der Waals surface area contributed by atoms with Gasteiger partial charge < -0.3 is 10.3 Å². The molecule has 0 bridgehead atoms. The van der Waals surface area contributed by atoms with Crippen molar-refractivity contribution in [3.8, 4) is 0 Å². The van der Waals surface area contributed by atoms with Crippen LogP contribution in [0.4, 0.5) is 0 Å². The molecule has 1 aromatic carbocycles. The molecule has 0 amide bonds. The van der Waals surface area contributed by atoms with Crippen LogP contribution in [0.2, 0.25) is 0 Å². The maximum atomic E-state index is 12.8. The molecular formula is C18H26N2O. The minimum Gasteiger partial charge on any atom is -0.361 e. The third kappa shape index (κ3) is 3.03. The zero-order valence-electron chi connectivity index (χ0n) is 13.5. The lowest BCUT2D eigenvalue weighted by atomic mass is 9.76. The summed E-state index contributed by atoms with van der Waals surface area (Å²) in [4.78, 5) is 16.1. The Balaban J connectivity index is 2.25. The number of hydrogen-bond acceptors (Lipinski definition) is 2. The molecule has 0 unspecified atom stereocenters. The Morgan fingerprint density at radius 1 is 1.29 bits per heavy atom. The molecule has 2 rings (SSSR count). The number of nitrogens with one attached hydrogen (secondary N) is 2. The number of aromatic amines is 1. The van der Waals surface area contributed by atoms with Crippen molar-refractivity contribution in [3.63, 3.8) is 0 Å². The molecule has 2 aromatic rings. The third-order valence-electron chi connectivity index (χ3n) is 4.92. The van der Waals surface area contributed by atoms with E-state index in [0.29, 0.717) is 5.78 Å². The summed E-state index contributed by atoms with van der Waals surface area (Å²) in [5, 5.41) is 4.42. The van der Waals surface area contributed by atoms with E-state index in [0.717, 1.165) is 24.8 Å². The lowest BCUT2D eigenvalue weighted by molar-refractivity contribution is -0.130. The molecule has 0 aliphatic carbocycles. The van der Waals surface area contributed by atoms with Gasteiger partial charge >= 0.3 is 0 Å². The molecule has 21 heavy (non-hydrogen) atoms. The number of carbonyl (C=O) groups is 1. The lowest BCUT2D eigenvalue weighted by Crippen LogP contribution is -2.44. The summed E-state index contributed by atoms with van der Waals surface area (Å²) in [6, 6.07) is 8.11. The number of ketones is 1. The van der Waals surface area contributed by atoms with Crippen LogP contribution in [0.3, 0.4) is 0 Å². The van der Waals surface area contributed by atoms with E-state index < -0.39 is 0 Å². The Bertz CT molecular complexity index is 610. The number of hydrogen-bond donors (Lipinski definition) is 2. The zero-order valence-corrected chi connectivity index (χ0v) is 13.5. The number of Topliss-reactive ketones (excluding diaryl/α,β-unsaturated/α-hetero) is 1. The first-order chi connectivity index (χ1) is 10.1. The van der Waals surface area contributed by atoms with Crippen molar-refractivity contribution in [2.24, 2.45) is 5.41 Å². The van der Waals surface area contributed by atoms with Gasteiger partial charge in [-0.25, -0.2) is 0 Å². The Morgan fingerprint density at radius 3 is 2.57 bits per heavy atom. The number of aromatic nitrogens is 1. The van der Waals surface area contributed by atoms with Gasteiger partial charge in [-0.15, -0.1) is 0 Å². The van der Waals surface area contributed by atoms with Crippen molar-refractivity contribution in [2.75, 3.05) is 7.05 Å². The highest BCUT2D eigenvalue weighted by Crippen LogP contribution is 2.29. The number of H-pyrrole nitrogens is 1. The van der Waals surface area contributed by atoms with E-state index in [1.807, 2.05) is 25.4 Å². The highest BCUT2D eigenvalue weighted by molar-refractivity contribution is 5.91. The van der Waals surface area contributed by atoms with Crippen LogP contribution in [-0.2, 0) is 11.2 Å². The molecule has 114 valence electrons. The Kier molecular flexibility index (Phi) is 4.84. The van der Waals surface area contributed by atoms with Crippen molar-refractivity contribution in [1.29, 1.82) is 0 Å². The second kappa shape index (κ2) is 6.44. The predicted octanol–water partition coefficient (Wildman–Crippen LogP) is 3.69. The van der Waals surface area contributed by atoms with Crippen molar-refractivity contribution in [1.82, 2.24) is 10.3 Å². The minimum absolute atomic E-state index is 0.130. The van der Waals surface area contributed by atoms with Crippen LogP contribution in [0, 0.1) is 5.41 Å². The minimum atomic E-state index is -0.236. The lowest BCUT2D eigenvalue weighted by Gasteiger charge is -2.29. The van der Waals surface area contributed by atoms with Gasteiger partial charge in [0.1, 0.15) is 0 Å². The first kappa shape index (κ1) is 15.8. The summed E-state index contributed by atoms with van der Waals surface area (Å²) in [6.07, 6.45) is 4.52. The van der Waals surface area contributed by atoms with Gasteiger partial charge in [0.2, 0.25) is 0 Å². The third-order valence-corrected chi connectivity index (χ3v) is 4.92. The van der Waals surface area contributed by atoms with Crippen molar-refractivity contribution >= 4 is 16.7 Å². The quantitative estimate of drug-likeness (QED) is 0.815. The Morgan fingerprint density at radius 2 is 1.95 bits per heavy atom. The molecule has 1 heterocycles. The molecular weight excluding hydrogens is 260 g/mol. The molecule has 0 radical (unpaired) electrons. The zero-order chi connectivity index (χ0) is 15.5. The highest BCUT2D eigenvalue weighted by Gasteiger charge is 2.34. The molecule has 0 saturated carbocycles. The summed E-state index contributed by atoms with van der Waals surface area (Å²) < 4.78 is 0. The van der Waals surface area contributed by atoms with Crippen molar-refractivity contribution in [2.45, 2.75) is 46.1 Å². The van der Waals surface area contributed by atoms with Gasteiger partial charge in [-0.3, -0.25) is 4.79 Å². The van der Waals surface area contributed by atoms with Crippen LogP contribution in [0.1, 0.15) is 39.2 Å². The van der Waals surface area contributed by atoms with E-state index in [4.69, 9.17) is 0 Å². The number of likely N-dealkylation sites (N-methyl/N-ethyl adjacent to an activating group) is 1. The number of para-hydroxylation sites is 1. The van der Waals surface area contributed by atoms with Crippen LogP contribution < -0.4 is 5.32 Å². The molecule has 0 aliphatic heterocycles. The molecule has 3 nitrogen and oxygen atoms in total. The average Bonchev–Trinajstić information content (AvgIpc) is 2.94. The van der Waals surface area contributed by atoms with Crippen LogP contribution in [0.5, 0.6) is 0 Å². The molecule has 0 spiro atoms. The fourth-order valence-corrected chi connectivity index (χ4v) is 2.87. The van der Waals surface area contributed by atoms with E-state index in [-0.39, 0.29) is 11.5 Å². The van der Waals surface area contributed by atoms with Crippen LogP contribution >= 0.6 is 0 Å². The van der Waals surface area contributed by atoms with E-state index in [9.17, 15) is 4.79 Å². The second-order valence-electron chi connectivity index (χ2n) is 6.04. The standard InChI is InChI=1S/C18H26N2O/c1-5-18(3,6-2)17(21)16(19-4)11-13-12-20-15-10-8-7-9-14(13)15/h7-10,12,16,19-20H,5-6,11H2,1-4H3/t16-/m0/s1. The van der Waals surface area contributed by atoms with Crippen molar-refractivity contribution in [3.05, 3.63) is 36.0 Å². The highest BCUT2D eigenvalue weighted by atomic mass is 16.1. The van der Waals surface area contributed by atoms with Crippen LogP contribution in [0.25, 0.3) is 10.9 Å². The van der Waals surface area contributed by atoms with E-state index in [2.05, 4.69) is 43.2 Å². The largest absolute Gasteiger partial charge is 0.361 e. The van der Waals surface area contributed by atoms with Crippen LogP contribution in [0.15, 0.2) is 30.5 Å². The Labute approximate surface area is 127 Å². The molecule has 3 heteroatoms. The molecule has 2 N–H and O–H groups in total. The van der Waals surface area contributed by atoms with Gasteiger partial charge in [-0.05, 0) is 37.9 Å². The smallest absolute Gasteiger partial charge is 0.155 e. The number of rotatable bonds is 7. The molecule has 0 saturated heterocycles. The Hall–Kier alpha value is -1.61. The topological polar surface area (TPSA) is 44.9 Å². The monoisotopic (exact) mass is 286 g/mol. The summed E-state index contributed by atoms with van der Waals surface area (Å²) in [5.41, 5.74) is 2.09. The number of benzene rings is 1. The second-order valence-corrected chi connectivity index (χ2v) is 6.04. The maximum Gasteiger partial charge on any atom is 0.155 e. The normalized spacial score (nSPS) is 13.5. The van der Waals surface area contributed by atoms with Gasteiger partial charge in [0.15, 0.2) is 5.78 Å². The average molecular weight is 286 g/mol. The van der Waals surface area contributed by atoms with Crippen LogP contribution in [-0.4, -0.2) is 23.9 Å². The number of fused-ring (bicyclic) bond motifs is 1. The van der Waals surface area contributed by atoms with E-state index in [1.165, 1.54) is 10.9 Å².